The summed E-state index contributed by atoms with van der Waals surface area (Å²) >= 11 is 0. The predicted octanol–water partition coefficient (Wildman–Crippen LogP) is 3.64. The summed E-state index contributed by atoms with van der Waals surface area (Å²) in [4.78, 5) is 13.6. The number of aromatic nitrogens is 5. The molecule has 0 amide bonds. The van der Waals surface area contributed by atoms with Gasteiger partial charge in [0, 0.05) is 51.3 Å². The highest BCUT2D eigenvalue weighted by molar-refractivity contribution is 5.87. The van der Waals surface area contributed by atoms with E-state index in [1.807, 2.05) is 52.0 Å². The van der Waals surface area contributed by atoms with Crippen molar-refractivity contribution in [2.75, 3.05) is 24.5 Å². The van der Waals surface area contributed by atoms with Crippen molar-refractivity contribution in [1.29, 1.82) is 0 Å². The lowest BCUT2D eigenvalue weighted by atomic mass is 9.88. The summed E-state index contributed by atoms with van der Waals surface area (Å²) in [6, 6.07) is 22.5. The summed E-state index contributed by atoms with van der Waals surface area (Å²) in [5.41, 5.74) is 2.92. The summed E-state index contributed by atoms with van der Waals surface area (Å²) in [5, 5.41) is 27.8. The van der Waals surface area contributed by atoms with Gasteiger partial charge < -0.3 is 19.7 Å². The molecule has 6 rings (SSSR count). The summed E-state index contributed by atoms with van der Waals surface area (Å²) in [5.74, 6) is 0.854. The molecule has 1 aliphatic rings. The van der Waals surface area contributed by atoms with Crippen LogP contribution in [0.5, 0.6) is 0 Å². The lowest BCUT2D eigenvalue weighted by molar-refractivity contribution is -0.128. The molecule has 5 aromatic rings. The molecule has 1 aliphatic heterocycles. The molecule has 3 aromatic heterocycles. The zero-order chi connectivity index (χ0) is 27.5. The van der Waals surface area contributed by atoms with Crippen molar-refractivity contribution in [3.05, 3.63) is 103 Å². The number of likely N-dealkylation sites (tertiary alicyclic amines) is 1. The molecule has 4 heterocycles. The van der Waals surface area contributed by atoms with E-state index < -0.39 is 11.7 Å². The Hall–Kier alpha value is -4.05. The van der Waals surface area contributed by atoms with Crippen LogP contribution >= 0.6 is 0 Å². The number of aliphatic hydroxyl groups is 2. The Morgan fingerprint density at radius 1 is 0.975 bits per heavy atom. The summed E-state index contributed by atoms with van der Waals surface area (Å²) < 4.78 is 3.79. The van der Waals surface area contributed by atoms with Crippen LogP contribution in [0.25, 0.3) is 16.7 Å². The van der Waals surface area contributed by atoms with Crippen LogP contribution in [0.2, 0.25) is 0 Å². The van der Waals surface area contributed by atoms with Gasteiger partial charge in [0.1, 0.15) is 23.4 Å². The Morgan fingerprint density at radius 2 is 1.80 bits per heavy atom. The maximum absolute atomic E-state index is 11.5. The quantitative estimate of drug-likeness (QED) is 0.296. The molecule has 1 saturated heterocycles. The van der Waals surface area contributed by atoms with Gasteiger partial charge in [-0.1, -0.05) is 42.5 Å². The lowest BCUT2D eigenvalue weighted by Gasteiger charge is -2.42. The molecule has 0 radical (unpaired) electrons. The number of rotatable bonds is 9. The second-order valence-corrected chi connectivity index (χ2v) is 10.6. The van der Waals surface area contributed by atoms with Gasteiger partial charge in [-0.2, -0.15) is 5.10 Å². The number of nitrogens with zero attached hydrogens (tertiary/aromatic N) is 7. The fourth-order valence-corrected chi connectivity index (χ4v) is 5.59. The first-order chi connectivity index (χ1) is 19.5. The number of hydrogen-bond donors (Lipinski definition) is 2. The van der Waals surface area contributed by atoms with Gasteiger partial charge in [0.15, 0.2) is 0 Å². The number of fused-ring (bicyclic) bond motifs is 1. The van der Waals surface area contributed by atoms with E-state index in [1.165, 1.54) is 11.1 Å². The molecule has 0 spiro atoms. The molecule has 0 saturated carbocycles. The molecule has 1 fully saturated rings. The Bertz CT molecular complexity index is 1540. The fraction of sp³-hybridized carbons (Fsp3) is 0.323. The maximum Gasteiger partial charge on any atom is 0.145 e. The molecule has 0 bridgehead atoms. The van der Waals surface area contributed by atoms with Crippen molar-refractivity contribution in [3.63, 3.8) is 0 Å². The van der Waals surface area contributed by atoms with E-state index in [0.29, 0.717) is 26.1 Å². The normalized spacial score (nSPS) is 19.7. The Labute approximate surface area is 234 Å². The van der Waals surface area contributed by atoms with Crippen LogP contribution < -0.4 is 4.90 Å². The average Bonchev–Trinajstić information content (AvgIpc) is 3.66. The molecule has 2 atom stereocenters. The smallest absolute Gasteiger partial charge is 0.145 e. The van der Waals surface area contributed by atoms with E-state index in [-0.39, 0.29) is 6.54 Å². The highest BCUT2D eigenvalue weighted by Crippen LogP contribution is 2.30. The molecule has 40 heavy (non-hydrogen) atoms. The van der Waals surface area contributed by atoms with Crippen LogP contribution in [0.4, 0.5) is 5.82 Å². The van der Waals surface area contributed by atoms with Gasteiger partial charge in [-0.3, -0.25) is 4.90 Å². The van der Waals surface area contributed by atoms with Crippen LogP contribution in [-0.2, 0) is 19.6 Å². The first-order valence-corrected chi connectivity index (χ1v) is 13.8. The van der Waals surface area contributed by atoms with Crippen molar-refractivity contribution in [1.82, 2.24) is 29.2 Å². The van der Waals surface area contributed by atoms with Crippen LogP contribution in [0.3, 0.4) is 0 Å². The van der Waals surface area contributed by atoms with Crippen molar-refractivity contribution >= 4 is 16.9 Å². The highest BCUT2D eigenvalue weighted by atomic mass is 16.3. The van der Waals surface area contributed by atoms with Gasteiger partial charge in [-0.05, 0) is 48.7 Å². The van der Waals surface area contributed by atoms with E-state index in [1.54, 1.807) is 12.5 Å². The molecule has 0 aliphatic carbocycles. The number of anilines is 1. The van der Waals surface area contributed by atoms with Gasteiger partial charge >= 0.3 is 0 Å². The Kier molecular flexibility index (Phi) is 7.34. The van der Waals surface area contributed by atoms with Gasteiger partial charge in [0.2, 0.25) is 0 Å². The van der Waals surface area contributed by atoms with E-state index in [0.717, 1.165) is 35.6 Å². The number of β-amino-alcohol motifs (C(OH)–C–C–N with tert-alkyl or cyclic N) is 1. The molecule has 2 N–H and O–H groups in total. The predicted molar refractivity (Wildman–Crippen MR) is 155 cm³/mol. The van der Waals surface area contributed by atoms with Crippen molar-refractivity contribution < 1.29 is 10.2 Å². The van der Waals surface area contributed by atoms with Crippen LogP contribution in [-0.4, -0.2) is 70.8 Å². The summed E-state index contributed by atoms with van der Waals surface area (Å²) in [6.07, 6.45) is 6.85. The molecular formula is C31H35N7O2. The van der Waals surface area contributed by atoms with E-state index >= 15 is 0 Å². The van der Waals surface area contributed by atoms with Crippen molar-refractivity contribution in [2.45, 2.75) is 44.7 Å². The minimum Gasteiger partial charge on any atom is -0.389 e. The average molecular weight is 538 g/mol. The van der Waals surface area contributed by atoms with E-state index in [4.69, 9.17) is 0 Å². The zero-order valence-electron chi connectivity index (χ0n) is 22.7. The SMILES string of the molecule is CCN(Cc1ccc(-n2cccn2)cc1)c1ncnc2c1ccn2C[C@]1(O)CCN(Cc2ccccc2)C[C@H]1O. The Morgan fingerprint density at radius 3 is 2.52 bits per heavy atom. The number of benzene rings is 2. The molecule has 2 aromatic carbocycles. The van der Waals surface area contributed by atoms with E-state index in [2.05, 4.69) is 68.2 Å². The number of hydrogen-bond acceptors (Lipinski definition) is 7. The molecular weight excluding hydrogens is 502 g/mol. The van der Waals surface area contributed by atoms with Crippen molar-refractivity contribution in [2.24, 2.45) is 0 Å². The Balaban J connectivity index is 1.17. The summed E-state index contributed by atoms with van der Waals surface area (Å²) in [6.45, 7) is 5.76. The number of aliphatic hydroxyl groups excluding tert-OH is 1. The lowest BCUT2D eigenvalue weighted by Crippen LogP contribution is -2.57. The largest absolute Gasteiger partial charge is 0.389 e. The first kappa shape index (κ1) is 26.2. The van der Waals surface area contributed by atoms with Gasteiger partial charge in [-0.15, -0.1) is 0 Å². The molecule has 206 valence electrons. The molecule has 9 nitrogen and oxygen atoms in total. The van der Waals surface area contributed by atoms with Crippen LogP contribution in [0.15, 0.2) is 91.6 Å². The fourth-order valence-electron chi connectivity index (χ4n) is 5.59. The maximum atomic E-state index is 11.5. The van der Waals surface area contributed by atoms with Gasteiger partial charge in [0.05, 0.1) is 23.7 Å². The third kappa shape index (κ3) is 5.36. The summed E-state index contributed by atoms with van der Waals surface area (Å²) in [7, 11) is 0. The third-order valence-corrected chi connectivity index (χ3v) is 7.90. The van der Waals surface area contributed by atoms with Crippen LogP contribution in [0, 0.1) is 0 Å². The first-order valence-electron chi connectivity index (χ1n) is 13.8. The second kappa shape index (κ2) is 11.2. The zero-order valence-corrected chi connectivity index (χ0v) is 22.7. The van der Waals surface area contributed by atoms with Crippen LogP contribution in [0.1, 0.15) is 24.5 Å². The monoisotopic (exact) mass is 537 g/mol. The topological polar surface area (TPSA) is 95.5 Å². The third-order valence-electron chi connectivity index (χ3n) is 7.90. The molecule has 9 heteroatoms. The number of piperidine rings is 1. The van der Waals surface area contributed by atoms with Crippen molar-refractivity contribution in [3.8, 4) is 5.69 Å². The minimum atomic E-state index is -1.23. The minimum absolute atomic E-state index is 0.272. The van der Waals surface area contributed by atoms with Gasteiger partial charge in [-0.25, -0.2) is 14.6 Å². The molecule has 0 unspecified atom stereocenters. The standard InChI is InChI=1S/C31H35N7O2/c1-2-36(20-25-9-11-26(12-10-25)38-16-6-15-34-38)29-27-13-17-37(30(27)33-23-32-29)22-31(40)14-18-35(21-28(31)39)19-24-7-4-3-5-8-24/h3-13,15-17,23,28,39-40H,2,14,18-22H2,1H3/t28-,31-/m1/s1. The highest BCUT2D eigenvalue weighted by Gasteiger charge is 2.41. The van der Waals surface area contributed by atoms with E-state index in [9.17, 15) is 10.2 Å². The second-order valence-electron chi connectivity index (χ2n) is 10.6. The van der Waals surface area contributed by atoms with Gasteiger partial charge in [0.25, 0.3) is 0 Å².